The van der Waals surface area contributed by atoms with E-state index in [1.54, 1.807) is 0 Å². The van der Waals surface area contributed by atoms with Crippen molar-refractivity contribution in [2.75, 3.05) is 0 Å². The molecule has 1 heteroatoms. The van der Waals surface area contributed by atoms with E-state index in [2.05, 4.69) is 212 Å². The highest BCUT2D eigenvalue weighted by Crippen LogP contribution is 2.62. The van der Waals surface area contributed by atoms with Gasteiger partial charge in [0.1, 0.15) is 11.5 Å². The zero-order valence-electron chi connectivity index (χ0n) is 29.9. The third-order valence-electron chi connectivity index (χ3n) is 11.4. The molecule has 1 spiro atoms. The normalized spacial score (nSPS) is 14.8. The smallest absolute Gasteiger partial charge is 0.132 e. The van der Waals surface area contributed by atoms with Crippen molar-refractivity contribution in [3.63, 3.8) is 0 Å². The van der Waals surface area contributed by atoms with Crippen molar-refractivity contribution < 1.29 is 4.74 Å². The van der Waals surface area contributed by atoms with Gasteiger partial charge < -0.3 is 4.74 Å². The highest BCUT2D eigenvalue weighted by Gasteiger charge is 2.51. The van der Waals surface area contributed by atoms with Gasteiger partial charge in [-0.1, -0.05) is 188 Å². The van der Waals surface area contributed by atoms with E-state index in [4.69, 9.17) is 4.74 Å². The van der Waals surface area contributed by atoms with Crippen LogP contribution in [0.5, 0.6) is 11.5 Å². The summed E-state index contributed by atoms with van der Waals surface area (Å²) in [6.07, 6.45) is 3.22. The van der Waals surface area contributed by atoms with E-state index in [-0.39, 0.29) is 5.92 Å². The highest BCUT2D eigenvalue weighted by atomic mass is 16.5. The van der Waals surface area contributed by atoms with Crippen molar-refractivity contribution in [1.29, 1.82) is 0 Å². The maximum Gasteiger partial charge on any atom is 0.132 e. The van der Waals surface area contributed by atoms with Crippen molar-refractivity contribution in [3.8, 4) is 22.6 Å². The molecule has 10 rings (SSSR count). The van der Waals surface area contributed by atoms with Crippen LogP contribution in [0.1, 0.15) is 61.6 Å². The van der Waals surface area contributed by atoms with Crippen LogP contribution in [0.2, 0.25) is 0 Å². The predicted octanol–water partition coefficient (Wildman–Crippen LogP) is 13.1. The second-order valence-electron chi connectivity index (χ2n) is 14.4. The highest BCUT2D eigenvalue weighted by molar-refractivity contribution is 5.94. The summed E-state index contributed by atoms with van der Waals surface area (Å²) in [6.45, 7) is 0. The first kappa shape index (κ1) is 32.0. The number of benzene rings is 8. The molecule has 0 saturated heterocycles. The summed E-state index contributed by atoms with van der Waals surface area (Å²) in [7, 11) is 0. The topological polar surface area (TPSA) is 9.23 Å². The van der Waals surface area contributed by atoms with Gasteiger partial charge in [-0.15, -0.1) is 0 Å². The lowest BCUT2D eigenvalue weighted by Crippen LogP contribution is -2.32. The van der Waals surface area contributed by atoms with Gasteiger partial charge in [-0.3, -0.25) is 0 Å². The third kappa shape index (κ3) is 5.32. The van der Waals surface area contributed by atoms with Crippen molar-refractivity contribution in [2.24, 2.45) is 0 Å². The predicted molar refractivity (Wildman–Crippen MR) is 222 cm³/mol. The number of hydrogen-bond acceptors (Lipinski definition) is 1. The van der Waals surface area contributed by atoms with Crippen molar-refractivity contribution in [1.82, 2.24) is 0 Å². The van der Waals surface area contributed by atoms with Crippen LogP contribution < -0.4 is 4.74 Å². The second kappa shape index (κ2) is 13.4. The maximum absolute atomic E-state index is 6.82. The SMILES string of the molecule is C(=C(c1ccccc1)c1ccccc1)c1ccc2c(c1)C1(c3ccccc3Oc3ccc(CC(c4ccccc4)c4ccccc4)cc31)c1ccccc1-2. The number of para-hydroxylation sites is 1. The Labute approximate surface area is 317 Å². The summed E-state index contributed by atoms with van der Waals surface area (Å²) in [5, 5.41) is 0. The maximum atomic E-state index is 6.82. The fourth-order valence-electron chi connectivity index (χ4n) is 8.95. The zero-order valence-corrected chi connectivity index (χ0v) is 29.9. The first-order chi connectivity index (χ1) is 26.8. The third-order valence-corrected chi connectivity index (χ3v) is 11.4. The van der Waals surface area contributed by atoms with Gasteiger partial charge in [-0.2, -0.15) is 0 Å². The lowest BCUT2D eigenvalue weighted by Gasteiger charge is -2.39. The Balaban J connectivity index is 1.19. The molecule has 54 heavy (non-hydrogen) atoms. The van der Waals surface area contributed by atoms with Crippen molar-refractivity contribution >= 4 is 11.6 Å². The van der Waals surface area contributed by atoms with Gasteiger partial charge in [-0.25, -0.2) is 0 Å². The molecule has 0 saturated carbocycles. The van der Waals surface area contributed by atoms with E-state index in [9.17, 15) is 0 Å². The molecule has 1 atom stereocenters. The minimum atomic E-state index is -0.565. The van der Waals surface area contributed by atoms with E-state index in [0.717, 1.165) is 17.9 Å². The molecule has 0 aromatic heterocycles. The molecule has 1 heterocycles. The molecular formula is C53H38O. The number of fused-ring (bicyclic) bond motifs is 9. The van der Waals surface area contributed by atoms with E-state index in [1.807, 2.05) is 0 Å². The van der Waals surface area contributed by atoms with E-state index >= 15 is 0 Å². The summed E-state index contributed by atoms with van der Waals surface area (Å²) in [4.78, 5) is 0. The lowest BCUT2D eigenvalue weighted by atomic mass is 9.65. The Morgan fingerprint density at radius 3 is 1.65 bits per heavy atom. The largest absolute Gasteiger partial charge is 0.457 e. The zero-order chi connectivity index (χ0) is 35.9. The quantitative estimate of drug-likeness (QED) is 0.151. The van der Waals surface area contributed by atoms with E-state index in [1.165, 1.54) is 72.3 Å². The first-order valence-electron chi connectivity index (χ1n) is 18.8. The average molecular weight is 691 g/mol. The molecule has 8 aromatic rings. The van der Waals surface area contributed by atoms with Crippen LogP contribution in [-0.4, -0.2) is 0 Å². The van der Waals surface area contributed by atoms with Crippen LogP contribution in [-0.2, 0) is 11.8 Å². The van der Waals surface area contributed by atoms with Crippen LogP contribution in [0.4, 0.5) is 0 Å². The molecule has 0 radical (unpaired) electrons. The van der Waals surface area contributed by atoms with Crippen LogP contribution in [0.25, 0.3) is 22.8 Å². The van der Waals surface area contributed by atoms with Crippen LogP contribution >= 0.6 is 0 Å². The summed E-state index contributed by atoms with van der Waals surface area (Å²) < 4.78 is 6.82. The molecule has 2 aliphatic rings. The van der Waals surface area contributed by atoms with Crippen LogP contribution in [0.3, 0.4) is 0 Å². The lowest BCUT2D eigenvalue weighted by molar-refractivity contribution is 0.436. The molecule has 1 unspecified atom stereocenters. The van der Waals surface area contributed by atoms with Gasteiger partial charge >= 0.3 is 0 Å². The van der Waals surface area contributed by atoms with E-state index < -0.39 is 5.41 Å². The first-order valence-corrected chi connectivity index (χ1v) is 18.8. The molecule has 1 aliphatic heterocycles. The molecule has 8 aromatic carbocycles. The van der Waals surface area contributed by atoms with Gasteiger partial charge in [0.2, 0.25) is 0 Å². The van der Waals surface area contributed by atoms with Crippen molar-refractivity contribution in [2.45, 2.75) is 17.8 Å². The Morgan fingerprint density at radius 1 is 0.444 bits per heavy atom. The molecule has 0 amide bonds. The summed E-state index contributed by atoms with van der Waals surface area (Å²) >= 11 is 0. The van der Waals surface area contributed by atoms with Crippen LogP contribution in [0, 0.1) is 0 Å². The van der Waals surface area contributed by atoms with Gasteiger partial charge in [0.05, 0.1) is 5.41 Å². The fraction of sp³-hybridized carbons (Fsp3) is 0.0566. The minimum Gasteiger partial charge on any atom is -0.457 e. The number of rotatable bonds is 7. The molecular weight excluding hydrogens is 653 g/mol. The average Bonchev–Trinajstić information content (AvgIpc) is 3.53. The standard InChI is InChI=1S/C53H38O/c1-5-17-39(18-6-1)45(40-19-7-2-8-20-40)33-37-29-31-44-43-25-13-14-26-47(43)53(49(44)35-37)48-27-15-16-28-51(48)54-52-32-30-38(36-50(52)53)34-46(41-21-9-3-10-22-41)42-23-11-4-12-24-42/h1-33,35-36,46H,34H2. The molecule has 1 aliphatic carbocycles. The fourth-order valence-corrected chi connectivity index (χ4v) is 8.95. The molecule has 256 valence electrons. The molecule has 0 N–H and O–H groups in total. The summed E-state index contributed by atoms with van der Waals surface area (Å²) in [6, 6.07) is 74.9. The Kier molecular flexibility index (Phi) is 7.92. The minimum absolute atomic E-state index is 0.215. The number of ether oxygens (including phenoxy) is 1. The summed E-state index contributed by atoms with van der Waals surface area (Å²) in [5.41, 5.74) is 15.6. The van der Waals surface area contributed by atoms with E-state index in [0.29, 0.717) is 0 Å². The Morgan fingerprint density at radius 2 is 0.981 bits per heavy atom. The summed E-state index contributed by atoms with van der Waals surface area (Å²) in [5.74, 6) is 2.03. The van der Waals surface area contributed by atoms with Gasteiger partial charge in [0.25, 0.3) is 0 Å². The number of hydrogen-bond donors (Lipinski definition) is 0. The molecule has 0 fully saturated rings. The monoisotopic (exact) mass is 690 g/mol. The van der Waals surface area contributed by atoms with Crippen LogP contribution in [0.15, 0.2) is 206 Å². The Hall–Kier alpha value is -6.70. The van der Waals surface area contributed by atoms with Gasteiger partial charge in [0.15, 0.2) is 0 Å². The van der Waals surface area contributed by atoms with Crippen molar-refractivity contribution in [3.05, 3.63) is 262 Å². The van der Waals surface area contributed by atoms with Gasteiger partial charge in [0, 0.05) is 17.0 Å². The second-order valence-corrected chi connectivity index (χ2v) is 14.4. The Bertz CT molecular complexity index is 2560. The van der Waals surface area contributed by atoms with Gasteiger partial charge in [-0.05, 0) is 91.9 Å². The molecule has 1 nitrogen and oxygen atoms in total. The molecule has 0 bridgehead atoms.